The Hall–Kier alpha value is -3.62. The molecule has 1 amide bonds. The number of aliphatic hydroxyl groups excluding tert-OH is 1. The Morgan fingerprint density at radius 2 is 1.88 bits per heavy atom. The van der Waals surface area contributed by atoms with Gasteiger partial charge in [0.1, 0.15) is 5.69 Å². The van der Waals surface area contributed by atoms with E-state index in [2.05, 4.69) is 9.97 Å². The number of rotatable bonds is 7. The van der Waals surface area contributed by atoms with Gasteiger partial charge in [-0.2, -0.15) is 5.10 Å². The molecule has 0 unspecified atom stereocenters. The summed E-state index contributed by atoms with van der Waals surface area (Å²) in [6, 6.07) is 13.0. The predicted molar refractivity (Wildman–Crippen MR) is 131 cm³/mol. The number of aliphatic hydroxyl groups is 2. The van der Waals surface area contributed by atoms with Crippen LogP contribution in [0.1, 0.15) is 36.7 Å². The second-order valence-electron chi connectivity index (χ2n) is 8.77. The van der Waals surface area contributed by atoms with Crippen molar-refractivity contribution in [2.75, 3.05) is 20.2 Å². The molecule has 4 rings (SSSR count). The first-order valence-electron chi connectivity index (χ1n) is 11.3. The fraction of sp³-hybridized carbons (Fsp3) is 0.308. The molecule has 0 saturated heterocycles. The van der Waals surface area contributed by atoms with Crippen LogP contribution in [0, 0.1) is 0 Å². The van der Waals surface area contributed by atoms with Gasteiger partial charge in [0, 0.05) is 49.0 Å². The van der Waals surface area contributed by atoms with Gasteiger partial charge >= 0.3 is 0 Å². The zero-order valence-electron chi connectivity index (χ0n) is 19.9. The van der Waals surface area contributed by atoms with Crippen LogP contribution in [0.15, 0.2) is 54.9 Å². The second kappa shape index (κ2) is 9.32. The van der Waals surface area contributed by atoms with Crippen molar-refractivity contribution in [2.45, 2.75) is 32.9 Å². The molecule has 0 bridgehead atoms. The first-order valence-corrected chi connectivity index (χ1v) is 11.3. The fourth-order valence-electron chi connectivity index (χ4n) is 3.87. The highest BCUT2D eigenvalue weighted by atomic mass is 16.3. The van der Waals surface area contributed by atoms with E-state index in [-0.39, 0.29) is 19.1 Å². The maximum absolute atomic E-state index is 12.7. The van der Waals surface area contributed by atoms with E-state index in [0.29, 0.717) is 23.5 Å². The van der Waals surface area contributed by atoms with E-state index < -0.39 is 5.60 Å². The average Bonchev–Trinajstić information content (AvgIpc) is 3.21. The van der Waals surface area contributed by atoms with Crippen molar-refractivity contribution in [1.29, 1.82) is 0 Å². The molecule has 8 nitrogen and oxygen atoms in total. The molecular formula is C26H29N5O3. The number of hydrogen-bond donors (Lipinski definition) is 2. The summed E-state index contributed by atoms with van der Waals surface area (Å²) in [7, 11) is 1.67. The van der Waals surface area contributed by atoms with Gasteiger partial charge in [-0.05, 0) is 68.8 Å². The fourth-order valence-corrected chi connectivity index (χ4v) is 3.87. The summed E-state index contributed by atoms with van der Waals surface area (Å²) in [5, 5.41) is 25.1. The van der Waals surface area contributed by atoms with Gasteiger partial charge in [-0.3, -0.25) is 19.4 Å². The van der Waals surface area contributed by atoms with Crippen LogP contribution in [-0.2, 0) is 12.1 Å². The summed E-state index contributed by atoms with van der Waals surface area (Å²) >= 11 is 0. The van der Waals surface area contributed by atoms with E-state index in [4.69, 9.17) is 10.2 Å². The van der Waals surface area contributed by atoms with Gasteiger partial charge in [0.2, 0.25) is 0 Å². The minimum atomic E-state index is -0.961. The molecule has 0 aliphatic rings. The molecule has 3 heterocycles. The number of likely N-dealkylation sites (N-methyl/N-ethyl adjacent to an activating group) is 1. The molecule has 4 aromatic rings. The lowest BCUT2D eigenvalue weighted by Gasteiger charge is -2.18. The Morgan fingerprint density at radius 1 is 1.09 bits per heavy atom. The lowest BCUT2D eigenvalue weighted by molar-refractivity contribution is 0.0765. The topological polar surface area (TPSA) is 104 Å². The Labute approximate surface area is 198 Å². The maximum Gasteiger partial charge on any atom is 0.253 e. The van der Waals surface area contributed by atoms with Crippen LogP contribution in [0.4, 0.5) is 0 Å². The quantitative estimate of drug-likeness (QED) is 0.439. The minimum absolute atomic E-state index is 0.0899. The summed E-state index contributed by atoms with van der Waals surface area (Å²) in [6.07, 6.45) is 3.42. The molecule has 2 N–H and O–H groups in total. The molecule has 0 spiro atoms. The third kappa shape index (κ3) is 4.55. The molecule has 8 heteroatoms. The normalized spacial score (nSPS) is 11.7. The standard InChI is InChI=1S/C26H29N5O3/c1-5-31-23-9-7-17(25(33)30(4)12-13-32)14-20(23)24(29-31)21-8-6-18(16-28-21)22-15-19(10-11-27-22)26(2,3)34/h6-11,14-16,32,34H,5,12-13H2,1-4H3. The molecule has 0 fully saturated rings. The highest BCUT2D eigenvalue weighted by Crippen LogP contribution is 2.30. The lowest BCUT2D eigenvalue weighted by Crippen LogP contribution is -2.29. The zero-order valence-corrected chi connectivity index (χ0v) is 19.9. The van der Waals surface area contributed by atoms with Crippen molar-refractivity contribution in [2.24, 2.45) is 0 Å². The molecule has 0 aliphatic carbocycles. The second-order valence-corrected chi connectivity index (χ2v) is 8.77. The molecule has 0 saturated carbocycles. The molecule has 34 heavy (non-hydrogen) atoms. The van der Waals surface area contributed by atoms with E-state index in [1.807, 2.05) is 41.9 Å². The van der Waals surface area contributed by atoms with Crippen molar-refractivity contribution in [3.8, 4) is 22.6 Å². The van der Waals surface area contributed by atoms with E-state index in [0.717, 1.165) is 27.7 Å². The van der Waals surface area contributed by atoms with Gasteiger partial charge in [-0.25, -0.2) is 0 Å². The molecule has 3 aromatic heterocycles. The number of amides is 1. The van der Waals surface area contributed by atoms with Gasteiger partial charge in [0.05, 0.1) is 29.1 Å². The van der Waals surface area contributed by atoms with Crippen LogP contribution < -0.4 is 0 Å². The first kappa shape index (κ1) is 23.5. The summed E-state index contributed by atoms with van der Waals surface area (Å²) in [6.45, 7) is 6.35. The molecular weight excluding hydrogens is 430 g/mol. The average molecular weight is 460 g/mol. The van der Waals surface area contributed by atoms with Crippen LogP contribution >= 0.6 is 0 Å². The Kier molecular flexibility index (Phi) is 6.45. The molecule has 0 atom stereocenters. The summed E-state index contributed by atoms with van der Waals surface area (Å²) in [5.41, 5.74) is 4.20. The SMILES string of the molecule is CCn1nc(-c2ccc(-c3cc(C(C)(C)O)ccn3)cn2)c2cc(C(=O)N(C)CCO)ccc21. The number of benzene rings is 1. The Balaban J connectivity index is 1.73. The van der Waals surface area contributed by atoms with Gasteiger partial charge < -0.3 is 15.1 Å². The van der Waals surface area contributed by atoms with Gasteiger partial charge in [-0.1, -0.05) is 0 Å². The van der Waals surface area contributed by atoms with Crippen molar-refractivity contribution < 1.29 is 15.0 Å². The third-order valence-electron chi connectivity index (χ3n) is 5.85. The van der Waals surface area contributed by atoms with E-state index >= 15 is 0 Å². The van der Waals surface area contributed by atoms with Crippen LogP contribution in [0.25, 0.3) is 33.5 Å². The maximum atomic E-state index is 12.7. The third-order valence-corrected chi connectivity index (χ3v) is 5.85. The number of fused-ring (bicyclic) bond motifs is 1. The number of pyridine rings is 2. The highest BCUT2D eigenvalue weighted by molar-refractivity contribution is 6.01. The van der Waals surface area contributed by atoms with Crippen molar-refractivity contribution >= 4 is 16.8 Å². The van der Waals surface area contributed by atoms with Gasteiger partial charge in [0.25, 0.3) is 5.91 Å². The summed E-state index contributed by atoms with van der Waals surface area (Å²) in [5.74, 6) is -0.160. The lowest BCUT2D eigenvalue weighted by atomic mass is 9.98. The Bertz CT molecular complexity index is 1320. The largest absolute Gasteiger partial charge is 0.395 e. The molecule has 176 valence electrons. The van der Waals surface area contributed by atoms with E-state index in [1.165, 1.54) is 4.90 Å². The van der Waals surface area contributed by atoms with Gasteiger partial charge in [0.15, 0.2) is 0 Å². The smallest absolute Gasteiger partial charge is 0.253 e. The van der Waals surface area contributed by atoms with Crippen LogP contribution in [-0.4, -0.2) is 61.0 Å². The number of aryl methyl sites for hydroxylation is 1. The van der Waals surface area contributed by atoms with Crippen LogP contribution in [0.3, 0.4) is 0 Å². The predicted octanol–water partition coefficient (Wildman–Crippen LogP) is 3.47. The van der Waals surface area contributed by atoms with E-state index in [9.17, 15) is 9.90 Å². The summed E-state index contributed by atoms with van der Waals surface area (Å²) in [4.78, 5) is 23.3. The van der Waals surface area contributed by atoms with Gasteiger partial charge in [-0.15, -0.1) is 0 Å². The summed E-state index contributed by atoms with van der Waals surface area (Å²) < 4.78 is 1.89. The number of aromatic nitrogens is 4. The van der Waals surface area contributed by atoms with Crippen molar-refractivity contribution in [1.82, 2.24) is 24.6 Å². The minimum Gasteiger partial charge on any atom is -0.395 e. The highest BCUT2D eigenvalue weighted by Gasteiger charge is 2.19. The van der Waals surface area contributed by atoms with Crippen molar-refractivity contribution in [3.05, 3.63) is 66.0 Å². The first-order chi connectivity index (χ1) is 16.2. The number of carbonyl (C=O) groups is 1. The number of hydrogen-bond acceptors (Lipinski definition) is 6. The zero-order chi connectivity index (χ0) is 24.5. The number of nitrogens with zero attached hydrogens (tertiary/aromatic N) is 5. The van der Waals surface area contributed by atoms with Crippen LogP contribution in [0.2, 0.25) is 0 Å². The van der Waals surface area contributed by atoms with E-state index in [1.54, 1.807) is 45.4 Å². The van der Waals surface area contributed by atoms with Crippen LogP contribution in [0.5, 0.6) is 0 Å². The number of carbonyl (C=O) groups excluding carboxylic acids is 1. The Morgan fingerprint density at radius 3 is 2.53 bits per heavy atom. The molecule has 0 aliphatic heterocycles. The van der Waals surface area contributed by atoms with Crippen molar-refractivity contribution in [3.63, 3.8) is 0 Å². The monoisotopic (exact) mass is 459 g/mol. The molecule has 0 radical (unpaired) electrons. The molecule has 1 aromatic carbocycles.